The molecule has 6 heteroatoms. The summed E-state index contributed by atoms with van der Waals surface area (Å²) in [6.07, 6.45) is 2.93. The van der Waals surface area contributed by atoms with Crippen molar-refractivity contribution in [3.05, 3.63) is 22.4 Å². The Balaban J connectivity index is 0.00000484. The molecule has 0 spiro atoms. The fraction of sp³-hybridized carbons (Fsp3) is 0.706. The van der Waals surface area contributed by atoms with Gasteiger partial charge in [-0.1, -0.05) is 19.9 Å². The maximum absolute atomic E-state index is 9.68. The Morgan fingerprint density at radius 1 is 1.35 bits per heavy atom. The molecule has 0 aliphatic rings. The lowest BCUT2D eigenvalue weighted by atomic mass is 9.83. The summed E-state index contributed by atoms with van der Waals surface area (Å²) >= 11 is 1.80. The lowest BCUT2D eigenvalue weighted by Crippen LogP contribution is -2.41. The SMILES string of the molecule is CCNC(=NCC(CC)(CC)CO)N(C)CCc1cccs1.I. The van der Waals surface area contributed by atoms with Crippen LogP contribution in [0.25, 0.3) is 0 Å². The Bertz CT molecular complexity index is 425. The van der Waals surface area contributed by atoms with Crippen molar-refractivity contribution >= 4 is 41.3 Å². The van der Waals surface area contributed by atoms with Crippen molar-refractivity contribution in [2.45, 2.75) is 40.0 Å². The van der Waals surface area contributed by atoms with Gasteiger partial charge in [-0.2, -0.15) is 0 Å². The van der Waals surface area contributed by atoms with Crippen LogP contribution in [0.4, 0.5) is 0 Å². The van der Waals surface area contributed by atoms with Crippen molar-refractivity contribution in [3.8, 4) is 0 Å². The second-order valence-corrected chi connectivity index (χ2v) is 6.82. The predicted octanol–water partition coefficient (Wildman–Crippen LogP) is 3.60. The molecule has 2 N–H and O–H groups in total. The minimum atomic E-state index is -0.0880. The van der Waals surface area contributed by atoms with E-state index in [9.17, 15) is 5.11 Å². The molecule has 0 radical (unpaired) electrons. The van der Waals surface area contributed by atoms with Gasteiger partial charge in [0.05, 0.1) is 13.2 Å². The molecule has 1 rings (SSSR count). The monoisotopic (exact) mass is 453 g/mol. The van der Waals surface area contributed by atoms with E-state index in [1.165, 1.54) is 4.88 Å². The molecule has 23 heavy (non-hydrogen) atoms. The molecule has 1 aromatic heterocycles. The fourth-order valence-electron chi connectivity index (χ4n) is 2.30. The Kier molecular flexibility index (Phi) is 11.9. The van der Waals surface area contributed by atoms with E-state index in [1.807, 2.05) is 0 Å². The summed E-state index contributed by atoms with van der Waals surface area (Å²) in [7, 11) is 2.08. The summed E-state index contributed by atoms with van der Waals surface area (Å²) in [5.41, 5.74) is -0.0880. The quantitative estimate of drug-likeness (QED) is 0.341. The third-order valence-electron chi connectivity index (χ3n) is 4.37. The first-order valence-corrected chi connectivity index (χ1v) is 9.11. The van der Waals surface area contributed by atoms with Gasteiger partial charge in [0.25, 0.3) is 0 Å². The number of nitrogens with one attached hydrogen (secondary N) is 1. The summed E-state index contributed by atoms with van der Waals surface area (Å²) in [5, 5.41) is 15.2. The Morgan fingerprint density at radius 3 is 2.52 bits per heavy atom. The van der Waals surface area contributed by atoms with Crippen LogP contribution < -0.4 is 5.32 Å². The number of halogens is 1. The first kappa shape index (κ1) is 22.7. The van der Waals surface area contributed by atoms with Gasteiger partial charge in [0, 0.05) is 30.4 Å². The lowest BCUT2D eigenvalue weighted by molar-refractivity contribution is 0.123. The Hall–Kier alpha value is -0.340. The number of rotatable bonds is 9. The summed E-state index contributed by atoms with van der Waals surface area (Å²) in [5.74, 6) is 0.929. The molecule has 0 aliphatic carbocycles. The van der Waals surface area contributed by atoms with Crippen LogP contribution in [0, 0.1) is 5.41 Å². The van der Waals surface area contributed by atoms with E-state index in [0.717, 1.165) is 38.3 Å². The van der Waals surface area contributed by atoms with Gasteiger partial charge in [-0.05, 0) is 37.6 Å². The van der Waals surface area contributed by atoms with Gasteiger partial charge in [0.2, 0.25) is 0 Å². The van der Waals surface area contributed by atoms with Crippen molar-refractivity contribution < 1.29 is 5.11 Å². The van der Waals surface area contributed by atoms with Crippen LogP contribution in [0.1, 0.15) is 38.5 Å². The molecule has 0 bridgehead atoms. The number of aliphatic hydroxyl groups is 1. The van der Waals surface area contributed by atoms with Gasteiger partial charge in [-0.15, -0.1) is 35.3 Å². The molecule has 0 aliphatic heterocycles. The average molecular weight is 453 g/mol. The summed E-state index contributed by atoms with van der Waals surface area (Å²) < 4.78 is 0. The number of hydrogen-bond acceptors (Lipinski definition) is 3. The molecule has 0 atom stereocenters. The second-order valence-electron chi connectivity index (χ2n) is 5.79. The van der Waals surface area contributed by atoms with Gasteiger partial charge in [-0.3, -0.25) is 4.99 Å². The molecule has 134 valence electrons. The topological polar surface area (TPSA) is 47.9 Å². The summed E-state index contributed by atoms with van der Waals surface area (Å²) in [6, 6.07) is 4.27. The highest BCUT2D eigenvalue weighted by atomic mass is 127. The minimum Gasteiger partial charge on any atom is -0.396 e. The predicted molar refractivity (Wildman–Crippen MR) is 112 cm³/mol. The molecular weight excluding hydrogens is 421 g/mol. The van der Waals surface area contributed by atoms with Gasteiger partial charge in [0.1, 0.15) is 0 Å². The van der Waals surface area contributed by atoms with E-state index >= 15 is 0 Å². The number of thiophene rings is 1. The molecule has 0 unspecified atom stereocenters. The first-order valence-electron chi connectivity index (χ1n) is 8.23. The Labute approximate surface area is 162 Å². The number of nitrogens with zero attached hydrogens (tertiary/aromatic N) is 2. The third kappa shape index (κ3) is 7.39. The number of aliphatic imine (C=N–C) groups is 1. The van der Waals surface area contributed by atoms with Crippen molar-refractivity contribution in [2.24, 2.45) is 10.4 Å². The zero-order valence-electron chi connectivity index (χ0n) is 14.8. The zero-order chi connectivity index (χ0) is 16.4. The van der Waals surface area contributed by atoms with Gasteiger partial charge < -0.3 is 15.3 Å². The van der Waals surface area contributed by atoms with Crippen molar-refractivity contribution in [3.63, 3.8) is 0 Å². The number of aliphatic hydroxyl groups excluding tert-OH is 1. The number of hydrogen-bond donors (Lipinski definition) is 2. The van der Waals surface area contributed by atoms with E-state index in [4.69, 9.17) is 4.99 Å². The van der Waals surface area contributed by atoms with Crippen LogP contribution >= 0.6 is 35.3 Å². The molecular formula is C17H32IN3OS. The molecule has 0 amide bonds. The van der Waals surface area contributed by atoms with Crippen LogP contribution in [0.5, 0.6) is 0 Å². The molecule has 1 aromatic rings. The normalized spacial score (nSPS) is 12.0. The van der Waals surface area contributed by atoms with Crippen LogP contribution in [0.15, 0.2) is 22.5 Å². The maximum Gasteiger partial charge on any atom is 0.193 e. The summed E-state index contributed by atoms with van der Waals surface area (Å²) in [4.78, 5) is 8.35. The number of guanidine groups is 1. The van der Waals surface area contributed by atoms with E-state index in [1.54, 1.807) is 11.3 Å². The first-order chi connectivity index (χ1) is 10.6. The summed E-state index contributed by atoms with van der Waals surface area (Å²) in [6.45, 7) is 9.00. The van der Waals surface area contributed by atoms with Gasteiger partial charge in [-0.25, -0.2) is 0 Å². The van der Waals surface area contributed by atoms with E-state index in [0.29, 0.717) is 6.54 Å². The standard InChI is InChI=1S/C17H31N3OS.HI/c1-5-17(6-2,14-21)13-19-16(18-7-3)20(4)11-10-15-9-8-12-22-15;/h8-9,12,21H,5-7,10-11,13-14H2,1-4H3,(H,18,19);1H. The molecule has 0 saturated carbocycles. The smallest absolute Gasteiger partial charge is 0.193 e. The van der Waals surface area contributed by atoms with Crippen molar-refractivity contribution in [1.29, 1.82) is 0 Å². The maximum atomic E-state index is 9.68. The van der Waals surface area contributed by atoms with Crippen LogP contribution in [0.2, 0.25) is 0 Å². The zero-order valence-corrected chi connectivity index (χ0v) is 18.0. The van der Waals surface area contributed by atoms with E-state index in [2.05, 4.69) is 55.5 Å². The van der Waals surface area contributed by atoms with Crippen LogP contribution in [0.3, 0.4) is 0 Å². The van der Waals surface area contributed by atoms with Crippen molar-refractivity contribution in [2.75, 3.05) is 33.3 Å². The van der Waals surface area contributed by atoms with Gasteiger partial charge in [0.15, 0.2) is 5.96 Å². The second kappa shape index (κ2) is 12.1. The Morgan fingerprint density at radius 2 is 2.04 bits per heavy atom. The van der Waals surface area contributed by atoms with Crippen LogP contribution in [-0.4, -0.2) is 49.3 Å². The van der Waals surface area contributed by atoms with Gasteiger partial charge >= 0.3 is 0 Å². The number of likely N-dealkylation sites (N-methyl/N-ethyl adjacent to an activating group) is 1. The molecule has 0 saturated heterocycles. The lowest BCUT2D eigenvalue weighted by Gasteiger charge is -2.29. The molecule has 1 heterocycles. The van der Waals surface area contributed by atoms with E-state index in [-0.39, 0.29) is 36.0 Å². The van der Waals surface area contributed by atoms with Crippen LogP contribution in [-0.2, 0) is 6.42 Å². The van der Waals surface area contributed by atoms with E-state index < -0.39 is 0 Å². The minimum absolute atomic E-state index is 0. The van der Waals surface area contributed by atoms with Crippen molar-refractivity contribution in [1.82, 2.24) is 10.2 Å². The average Bonchev–Trinajstić information content (AvgIpc) is 3.06. The largest absolute Gasteiger partial charge is 0.396 e. The molecule has 0 aromatic carbocycles. The molecule has 0 fully saturated rings. The third-order valence-corrected chi connectivity index (χ3v) is 5.31. The highest BCUT2D eigenvalue weighted by molar-refractivity contribution is 14.0. The molecule has 4 nitrogen and oxygen atoms in total. The fourth-order valence-corrected chi connectivity index (χ4v) is 3.00. The highest BCUT2D eigenvalue weighted by Gasteiger charge is 2.25. The highest BCUT2D eigenvalue weighted by Crippen LogP contribution is 2.25.